The molecule has 5 heteroatoms. The lowest BCUT2D eigenvalue weighted by atomic mass is 9.75. The van der Waals surface area contributed by atoms with Crippen molar-refractivity contribution in [1.29, 1.82) is 0 Å². The monoisotopic (exact) mass is 264 g/mol. The third-order valence-corrected chi connectivity index (χ3v) is 4.11. The zero-order chi connectivity index (χ0) is 13.3. The van der Waals surface area contributed by atoms with Gasteiger partial charge in [-0.05, 0) is 24.7 Å². The van der Waals surface area contributed by atoms with Crippen LogP contribution in [0.15, 0.2) is 24.3 Å². The van der Waals surface area contributed by atoms with Crippen LogP contribution in [0.25, 0.3) is 0 Å². The van der Waals surface area contributed by atoms with Crippen LogP contribution in [-0.2, 0) is 4.74 Å². The van der Waals surface area contributed by atoms with Crippen LogP contribution in [0.5, 0.6) is 0 Å². The average Bonchev–Trinajstić information content (AvgIpc) is 2.41. The van der Waals surface area contributed by atoms with E-state index in [-0.39, 0.29) is 11.7 Å². The standard InChI is InChI=1S/C14H17FN2O2/c15-12-4-2-1-3-10(12)11-9-17-13(18)19-14(11)5-7-16-8-6-14/h1-4,11,16H,5-9H2,(H,17,18). The van der Waals surface area contributed by atoms with Gasteiger partial charge in [-0.1, -0.05) is 18.2 Å². The molecule has 2 N–H and O–H groups in total. The van der Waals surface area contributed by atoms with Crippen LogP contribution in [0.3, 0.4) is 0 Å². The highest BCUT2D eigenvalue weighted by atomic mass is 19.1. The first-order valence-corrected chi connectivity index (χ1v) is 6.63. The molecule has 1 aromatic carbocycles. The zero-order valence-corrected chi connectivity index (χ0v) is 10.6. The normalized spacial score (nSPS) is 25.7. The lowest BCUT2D eigenvalue weighted by Crippen LogP contribution is -2.57. The molecule has 1 unspecified atom stereocenters. The Bertz CT molecular complexity index is 486. The lowest BCUT2D eigenvalue weighted by molar-refractivity contribution is -0.0502. The molecule has 2 aliphatic heterocycles. The Hall–Kier alpha value is -1.62. The number of piperidine rings is 1. The molecule has 2 aliphatic rings. The summed E-state index contributed by atoms with van der Waals surface area (Å²) in [6.45, 7) is 2.01. The molecule has 3 rings (SSSR count). The van der Waals surface area contributed by atoms with Crippen LogP contribution in [0.1, 0.15) is 24.3 Å². The third kappa shape index (κ3) is 2.18. The maximum atomic E-state index is 14.0. The summed E-state index contributed by atoms with van der Waals surface area (Å²) < 4.78 is 19.6. The number of hydrogen-bond acceptors (Lipinski definition) is 3. The molecule has 102 valence electrons. The molecule has 2 heterocycles. The number of rotatable bonds is 1. The number of carbonyl (C=O) groups is 1. The SMILES string of the molecule is O=C1NCC(c2ccccc2F)C2(CCNCC2)O1. The van der Waals surface area contributed by atoms with Crippen molar-refractivity contribution >= 4 is 6.09 Å². The fraction of sp³-hybridized carbons (Fsp3) is 0.500. The summed E-state index contributed by atoms with van der Waals surface area (Å²) in [6, 6.07) is 6.74. The molecule has 1 aromatic rings. The largest absolute Gasteiger partial charge is 0.442 e. The highest BCUT2D eigenvalue weighted by molar-refractivity contribution is 5.69. The van der Waals surface area contributed by atoms with Crippen molar-refractivity contribution < 1.29 is 13.9 Å². The topological polar surface area (TPSA) is 50.4 Å². The van der Waals surface area contributed by atoms with Crippen LogP contribution >= 0.6 is 0 Å². The van der Waals surface area contributed by atoms with E-state index < -0.39 is 11.7 Å². The highest BCUT2D eigenvalue weighted by Crippen LogP contribution is 2.41. The fourth-order valence-corrected chi connectivity index (χ4v) is 3.11. The second-order valence-electron chi connectivity index (χ2n) is 5.16. The fourth-order valence-electron chi connectivity index (χ4n) is 3.11. The van der Waals surface area contributed by atoms with E-state index in [2.05, 4.69) is 10.6 Å². The van der Waals surface area contributed by atoms with Gasteiger partial charge in [0.15, 0.2) is 0 Å². The van der Waals surface area contributed by atoms with Gasteiger partial charge in [0.05, 0.1) is 0 Å². The molecule has 2 saturated heterocycles. The highest BCUT2D eigenvalue weighted by Gasteiger charge is 2.47. The zero-order valence-electron chi connectivity index (χ0n) is 10.6. The molecule has 0 radical (unpaired) electrons. The number of carbonyl (C=O) groups excluding carboxylic acids is 1. The summed E-state index contributed by atoms with van der Waals surface area (Å²) in [6.07, 6.45) is 1.05. The Morgan fingerprint density at radius 2 is 2.00 bits per heavy atom. The van der Waals surface area contributed by atoms with Crippen molar-refractivity contribution in [2.45, 2.75) is 24.4 Å². The van der Waals surface area contributed by atoms with Gasteiger partial charge in [-0.15, -0.1) is 0 Å². The molecule has 0 aromatic heterocycles. The van der Waals surface area contributed by atoms with Crippen LogP contribution in [0.4, 0.5) is 9.18 Å². The number of halogens is 1. The molecule has 1 amide bonds. The second-order valence-corrected chi connectivity index (χ2v) is 5.16. The minimum absolute atomic E-state index is 0.131. The van der Waals surface area contributed by atoms with Crippen LogP contribution in [0.2, 0.25) is 0 Å². The van der Waals surface area contributed by atoms with Crippen molar-refractivity contribution in [2.24, 2.45) is 0 Å². The maximum absolute atomic E-state index is 14.0. The van der Waals surface area contributed by atoms with E-state index in [0.717, 1.165) is 25.9 Å². The van der Waals surface area contributed by atoms with Crippen molar-refractivity contribution in [2.75, 3.05) is 19.6 Å². The van der Waals surface area contributed by atoms with E-state index >= 15 is 0 Å². The summed E-state index contributed by atoms with van der Waals surface area (Å²) >= 11 is 0. The molecule has 1 atom stereocenters. The van der Waals surface area contributed by atoms with Crippen molar-refractivity contribution in [3.05, 3.63) is 35.6 Å². The summed E-state index contributed by atoms with van der Waals surface area (Å²) in [4.78, 5) is 11.6. The maximum Gasteiger partial charge on any atom is 0.407 e. The minimum atomic E-state index is -0.574. The number of amides is 1. The van der Waals surface area contributed by atoms with E-state index in [4.69, 9.17) is 4.74 Å². The van der Waals surface area contributed by atoms with Gasteiger partial charge < -0.3 is 15.4 Å². The second kappa shape index (κ2) is 4.81. The number of alkyl carbamates (subject to hydrolysis) is 1. The summed E-state index contributed by atoms with van der Waals surface area (Å²) in [7, 11) is 0. The number of hydrogen-bond donors (Lipinski definition) is 2. The predicted molar refractivity (Wildman–Crippen MR) is 68.5 cm³/mol. The molecule has 0 saturated carbocycles. The first-order valence-electron chi connectivity index (χ1n) is 6.63. The van der Waals surface area contributed by atoms with Crippen LogP contribution < -0.4 is 10.6 Å². The Kier molecular flexibility index (Phi) is 3.14. The van der Waals surface area contributed by atoms with Gasteiger partial charge in [-0.3, -0.25) is 0 Å². The molecule has 0 aliphatic carbocycles. The Morgan fingerprint density at radius 3 is 2.74 bits per heavy atom. The van der Waals surface area contributed by atoms with Gasteiger partial charge in [0.1, 0.15) is 11.4 Å². The Morgan fingerprint density at radius 1 is 1.26 bits per heavy atom. The Labute approximate surface area is 111 Å². The van der Waals surface area contributed by atoms with Gasteiger partial charge in [0.2, 0.25) is 0 Å². The van der Waals surface area contributed by atoms with Gasteiger partial charge >= 0.3 is 6.09 Å². The smallest absolute Gasteiger partial charge is 0.407 e. The number of nitrogens with one attached hydrogen (secondary N) is 2. The van der Waals surface area contributed by atoms with E-state index in [1.807, 2.05) is 6.07 Å². The van der Waals surface area contributed by atoms with Crippen molar-refractivity contribution in [3.63, 3.8) is 0 Å². The molecule has 4 nitrogen and oxygen atoms in total. The van der Waals surface area contributed by atoms with E-state index in [1.165, 1.54) is 6.07 Å². The molecule has 19 heavy (non-hydrogen) atoms. The predicted octanol–water partition coefficient (Wildman–Crippen LogP) is 1.77. The summed E-state index contributed by atoms with van der Waals surface area (Å²) in [5, 5.41) is 5.93. The molecule has 0 bridgehead atoms. The van der Waals surface area contributed by atoms with Crippen molar-refractivity contribution in [3.8, 4) is 0 Å². The summed E-state index contributed by atoms with van der Waals surface area (Å²) in [5.41, 5.74) is 0.0554. The first kappa shape index (κ1) is 12.4. The molecular weight excluding hydrogens is 247 g/mol. The van der Waals surface area contributed by atoms with Gasteiger partial charge in [-0.2, -0.15) is 0 Å². The summed E-state index contributed by atoms with van der Waals surface area (Å²) in [5.74, 6) is -0.362. The average molecular weight is 264 g/mol. The molecule has 2 fully saturated rings. The van der Waals surface area contributed by atoms with Gasteiger partial charge in [-0.25, -0.2) is 9.18 Å². The third-order valence-electron chi connectivity index (χ3n) is 4.11. The van der Waals surface area contributed by atoms with Gasteiger partial charge in [0, 0.05) is 25.3 Å². The molecular formula is C14H17FN2O2. The first-order chi connectivity index (χ1) is 9.21. The van der Waals surface area contributed by atoms with E-state index in [9.17, 15) is 9.18 Å². The quantitative estimate of drug-likeness (QED) is 0.813. The van der Waals surface area contributed by atoms with Gasteiger partial charge in [0.25, 0.3) is 0 Å². The number of ether oxygens (including phenoxy) is 1. The van der Waals surface area contributed by atoms with Crippen LogP contribution in [-0.4, -0.2) is 31.3 Å². The van der Waals surface area contributed by atoms with Crippen LogP contribution in [0, 0.1) is 5.82 Å². The minimum Gasteiger partial charge on any atom is -0.442 e. The Balaban J connectivity index is 1.97. The number of benzene rings is 1. The van der Waals surface area contributed by atoms with E-state index in [0.29, 0.717) is 12.1 Å². The lowest BCUT2D eigenvalue weighted by Gasteiger charge is -2.46. The van der Waals surface area contributed by atoms with E-state index in [1.54, 1.807) is 12.1 Å². The molecule has 1 spiro atoms. The van der Waals surface area contributed by atoms with Crippen molar-refractivity contribution in [1.82, 2.24) is 10.6 Å².